The number of anilines is 1. The van der Waals surface area contributed by atoms with Crippen LogP contribution < -0.4 is 10.2 Å². The van der Waals surface area contributed by atoms with Crippen LogP contribution in [0.5, 0.6) is 0 Å². The third-order valence-corrected chi connectivity index (χ3v) is 4.67. The van der Waals surface area contributed by atoms with Crippen molar-refractivity contribution in [3.8, 4) is 0 Å². The first kappa shape index (κ1) is 19.3. The van der Waals surface area contributed by atoms with E-state index in [1.54, 1.807) is 0 Å². The lowest BCUT2D eigenvalue weighted by molar-refractivity contribution is 0.455. The Hall–Kier alpha value is -2.04. The van der Waals surface area contributed by atoms with Crippen LogP contribution in [0.25, 0.3) is 0 Å². The molecule has 1 aromatic heterocycles. The highest BCUT2D eigenvalue weighted by Crippen LogP contribution is 2.18. The second-order valence-electron chi connectivity index (χ2n) is 6.68. The van der Waals surface area contributed by atoms with Crippen molar-refractivity contribution in [2.75, 3.05) is 38.6 Å². The second kappa shape index (κ2) is 10.7. The predicted octanol–water partition coefficient (Wildman–Crippen LogP) is 3.44. The van der Waals surface area contributed by atoms with Crippen LogP contribution in [0.2, 0.25) is 0 Å². The molecule has 1 aliphatic heterocycles. The number of allylic oxidation sites excluding steroid dienone is 1. The third-order valence-electron chi connectivity index (χ3n) is 4.67. The number of aromatic nitrogens is 1. The average Bonchev–Trinajstić information content (AvgIpc) is 3.17. The molecule has 0 spiro atoms. The van der Waals surface area contributed by atoms with Crippen molar-refractivity contribution in [1.29, 1.82) is 0 Å². The smallest absolute Gasteiger partial charge is 0.193 e. The van der Waals surface area contributed by atoms with Crippen molar-refractivity contribution in [1.82, 2.24) is 15.2 Å². The van der Waals surface area contributed by atoms with E-state index in [1.165, 1.54) is 37.7 Å². The van der Waals surface area contributed by atoms with E-state index >= 15 is 0 Å². The number of nitrogens with one attached hydrogen (secondary N) is 1. The monoisotopic (exact) mass is 343 g/mol. The van der Waals surface area contributed by atoms with Crippen molar-refractivity contribution >= 4 is 11.8 Å². The minimum absolute atomic E-state index is 0.775. The van der Waals surface area contributed by atoms with Gasteiger partial charge in [-0.25, -0.2) is 4.98 Å². The highest BCUT2D eigenvalue weighted by molar-refractivity contribution is 5.79. The summed E-state index contributed by atoms with van der Waals surface area (Å²) in [4.78, 5) is 13.5. The third kappa shape index (κ3) is 6.40. The number of hydrogen-bond donors (Lipinski definition) is 1. The molecular weight excluding hydrogens is 310 g/mol. The van der Waals surface area contributed by atoms with Crippen molar-refractivity contribution in [2.45, 2.75) is 45.1 Å². The quantitative estimate of drug-likeness (QED) is 0.323. The molecule has 1 N–H and O–H groups in total. The van der Waals surface area contributed by atoms with Gasteiger partial charge in [-0.15, -0.1) is 6.58 Å². The molecule has 25 heavy (non-hydrogen) atoms. The number of aliphatic imine (C=N–C) groups is 1. The Morgan fingerprint density at radius 3 is 2.88 bits per heavy atom. The van der Waals surface area contributed by atoms with E-state index in [4.69, 9.17) is 0 Å². The van der Waals surface area contributed by atoms with Gasteiger partial charge in [0.2, 0.25) is 0 Å². The molecule has 0 bridgehead atoms. The Morgan fingerprint density at radius 1 is 1.36 bits per heavy atom. The molecule has 1 fully saturated rings. The standard InChI is InChI=1S/C20H33N5/c1-4-5-6-7-8-13-24(3)20(21-2)23-17-18-11-12-22-19(16-18)25-14-9-10-15-25/h4,11-12,16H,1,5-10,13-15,17H2,2-3H3,(H,21,23). The molecule has 1 saturated heterocycles. The normalized spacial score (nSPS) is 14.6. The Balaban J connectivity index is 1.79. The minimum atomic E-state index is 0.775. The molecule has 138 valence electrons. The molecule has 0 unspecified atom stereocenters. The fourth-order valence-corrected chi connectivity index (χ4v) is 3.18. The van der Waals surface area contributed by atoms with Crippen LogP contribution in [-0.2, 0) is 6.54 Å². The maximum atomic E-state index is 4.52. The fraction of sp³-hybridized carbons (Fsp3) is 0.600. The van der Waals surface area contributed by atoms with Crippen LogP contribution in [0.1, 0.15) is 44.1 Å². The highest BCUT2D eigenvalue weighted by atomic mass is 15.3. The topological polar surface area (TPSA) is 43.8 Å². The summed E-state index contributed by atoms with van der Waals surface area (Å²) in [7, 11) is 3.95. The van der Waals surface area contributed by atoms with Crippen LogP contribution in [0.3, 0.4) is 0 Å². The first-order chi connectivity index (χ1) is 12.2. The molecular formula is C20H33N5. The molecule has 0 saturated carbocycles. The number of nitrogens with zero attached hydrogens (tertiary/aromatic N) is 4. The molecule has 1 aliphatic rings. The number of pyridine rings is 1. The number of unbranched alkanes of at least 4 members (excludes halogenated alkanes) is 3. The first-order valence-electron chi connectivity index (χ1n) is 9.47. The molecule has 5 heteroatoms. The Morgan fingerprint density at radius 2 is 2.16 bits per heavy atom. The highest BCUT2D eigenvalue weighted by Gasteiger charge is 2.13. The molecule has 5 nitrogen and oxygen atoms in total. The van der Waals surface area contributed by atoms with Crippen LogP contribution in [0.15, 0.2) is 36.0 Å². The molecule has 0 radical (unpaired) electrons. The van der Waals surface area contributed by atoms with Gasteiger partial charge in [0.15, 0.2) is 5.96 Å². The fourth-order valence-electron chi connectivity index (χ4n) is 3.18. The molecule has 0 amide bonds. The zero-order chi connectivity index (χ0) is 17.9. The molecule has 0 aromatic carbocycles. The maximum absolute atomic E-state index is 4.52. The molecule has 1 aromatic rings. The zero-order valence-corrected chi connectivity index (χ0v) is 15.9. The summed E-state index contributed by atoms with van der Waals surface area (Å²) < 4.78 is 0. The van der Waals surface area contributed by atoms with Crippen molar-refractivity contribution in [3.63, 3.8) is 0 Å². The second-order valence-corrected chi connectivity index (χ2v) is 6.68. The summed E-state index contributed by atoms with van der Waals surface area (Å²) in [6.45, 7) is 7.82. The van der Waals surface area contributed by atoms with Gasteiger partial charge in [0, 0.05) is 46.5 Å². The first-order valence-corrected chi connectivity index (χ1v) is 9.47. The molecule has 2 rings (SSSR count). The van der Waals surface area contributed by atoms with Gasteiger partial charge in [-0.3, -0.25) is 4.99 Å². The Kier molecular flexibility index (Phi) is 8.29. The average molecular weight is 344 g/mol. The van der Waals surface area contributed by atoms with Crippen LogP contribution in [-0.4, -0.2) is 49.6 Å². The van der Waals surface area contributed by atoms with Crippen molar-refractivity contribution < 1.29 is 0 Å². The summed E-state index contributed by atoms with van der Waals surface area (Å²) in [5.74, 6) is 2.05. The van der Waals surface area contributed by atoms with E-state index in [9.17, 15) is 0 Å². The summed E-state index contributed by atoms with van der Waals surface area (Å²) in [5, 5.41) is 3.47. The number of guanidine groups is 1. The van der Waals surface area contributed by atoms with Gasteiger partial charge in [0.25, 0.3) is 0 Å². The van der Waals surface area contributed by atoms with E-state index in [0.717, 1.165) is 44.4 Å². The van der Waals surface area contributed by atoms with Gasteiger partial charge in [0.05, 0.1) is 0 Å². The van der Waals surface area contributed by atoms with Crippen LogP contribution in [0, 0.1) is 0 Å². The van der Waals surface area contributed by atoms with Gasteiger partial charge in [-0.2, -0.15) is 0 Å². The van der Waals surface area contributed by atoms with Gasteiger partial charge in [0.1, 0.15) is 5.82 Å². The van der Waals surface area contributed by atoms with E-state index in [1.807, 2.05) is 19.3 Å². The van der Waals surface area contributed by atoms with Gasteiger partial charge in [-0.1, -0.05) is 12.5 Å². The van der Waals surface area contributed by atoms with E-state index in [0.29, 0.717) is 0 Å². The van der Waals surface area contributed by atoms with Crippen molar-refractivity contribution in [3.05, 3.63) is 36.5 Å². The maximum Gasteiger partial charge on any atom is 0.193 e. The van der Waals surface area contributed by atoms with E-state index in [-0.39, 0.29) is 0 Å². The predicted molar refractivity (Wildman–Crippen MR) is 107 cm³/mol. The summed E-state index contributed by atoms with van der Waals surface area (Å²) >= 11 is 0. The Bertz CT molecular complexity index is 549. The lowest BCUT2D eigenvalue weighted by Crippen LogP contribution is -2.39. The lowest BCUT2D eigenvalue weighted by Gasteiger charge is -2.22. The molecule has 0 aliphatic carbocycles. The Labute approximate surface area is 152 Å². The SMILES string of the molecule is C=CCCCCCN(C)C(=NC)NCc1ccnc(N2CCCC2)c1. The van der Waals surface area contributed by atoms with Gasteiger partial charge < -0.3 is 15.1 Å². The van der Waals surface area contributed by atoms with Gasteiger partial charge in [-0.05, 0) is 49.8 Å². The minimum Gasteiger partial charge on any atom is -0.357 e. The summed E-state index contributed by atoms with van der Waals surface area (Å²) in [5.41, 5.74) is 1.25. The number of rotatable bonds is 9. The van der Waals surface area contributed by atoms with Crippen LogP contribution in [0.4, 0.5) is 5.82 Å². The lowest BCUT2D eigenvalue weighted by atomic mass is 10.2. The summed E-state index contributed by atoms with van der Waals surface area (Å²) in [6, 6.07) is 4.27. The largest absolute Gasteiger partial charge is 0.357 e. The van der Waals surface area contributed by atoms with Gasteiger partial charge >= 0.3 is 0 Å². The molecule has 0 atom stereocenters. The van der Waals surface area contributed by atoms with Crippen LogP contribution >= 0.6 is 0 Å². The van der Waals surface area contributed by atoms with Crippen molar-refractivity contribution in [2.24, 2.45) is 4.99 Å². The van der Waals surface area contributed by atoms with E-state index < -0.39 is 0 Å². The molecule has 2 heterocycles. The van der Waals surface area contributed by atoms with E-state index in [2.05, 4.69) is 50.9 Å². The number of hydrogen-bond acceptors (Lipinski definition) is 3. The summed E-state index contributed by atoms with van der Waals surface area (Å²) in [6.07, 6.45) is 11.2. The zero-order valence-electron chi connectivity index (χ0n) is 15.9.